The number of rotatable bonds is 12. The van der Waals surface area contributed by atoms with E-state index in [4.69, 9.17) is 14.2 Å². The first kappa shape index (κ1) is 27.6. The van der Waals surface area contributed by atoms with Gasteiger partial charge in [0.2, 0.25) is 12.1 Å². The summed E-state index contributed by atoms with van der Waals surface area (Å²) in [5.41, 5.74) is 4.27. The Morgan fingerprint density at radius 1 is 0.641 bits per heavy atom. The molecule has 0 amide bonds. The zero-order valence-electron chi connectivity index (χ0n) is 21.7. The summed E-state index contributed by atoms with van der Waals surface area (Å²) in [6.45, 7) is 5.72. The third-order valence-corrected chi connectivity index (χ3v) is 6.07. The fourth-order valence-corrected chi connectivity index (χ4v) is 4.10. The number of benzene rings is 4. The van der Waals surface area contributed by atoms with Gasteiger partial charge in [-0.25, -0.2) is 9.13 Å². The zero-order valence-corrected chi connectivity index (χ0v) is 22.4. The quantitative estimate of drug-likeness (QED) is 0.227. The lowest BCUT2D eigenvalue weighted by Gasteiger charge is -2.19. The minimum Gasteiger partial charge on any atom is -1.00 e. The van der Waals surface area contributed by atoms with Gasteiger partial charge in [0.1, 0.15) is 38.8 Å². The van der Waals surface area contributed by atoms with Crippen LogP contribution in [0.25, 0.3) is 6.20 Å². The number of nitrogens with zero attached hydrogens (tertiary/aromatic N) is 2. The van der Waals surface area contributed by atoms with Crippen LogP contribution in [0.4, 0.5) is 0 Å². The first-order valence-electron chi connectivity index (χ1n) is 12.6. The highest BCUT2D eigenvalue weighted by molar-refractivity contribution is 5.54. The van der Waals surface area contributed by atoms with Gasteiger partial charge in [-0.05, 0) is 28.8 Å². The van der Waals surface area contributed by atoms with Gasteiger partial charge in [0.25, 0.3) is 0 Å². The lowest BCUT2D eigenvalue weighted by Crippen LogP contribution is -3.00. The monoisotopic (exact) mass is 538 g/mol. The van der Waals surface area contributed by atoms with Crippen molar-refractivity contribution in [2.75, 3.05) is 0 Å². The van der Waals surface area contributed by atoms with Gasteiger partial charge in [-0.1, -0.05) is 97.6 Å². The molecular formula is C33H31ClN2O3. The van der Waals surface area contributed by atoms with Gasteiger partial charge in [0, 0.05) is 5.56 Å². The molecule has 198 valence electrons. The molecule has 0 unspecified atom stereocenters. The van der Waals surface area contributed by atoms with Crippen molar-refractivity contribution in [2.45, 2.75) is 26.4 Å². The summed E-state index contributed by atoms with van der Waals surface area (Å²) in [6.07, 6.45) is 7.72. The topological polar surface area (TPSA) is 36.5 Å². The van der Waals surface area contributed by atoms with E-state index in [1.54, 1.807) is 6.20 Å². The molecule has 0 aliphatic rings. The van der Waals surface area contributed by atoms with Crippen LogP contribution in [0.5, 0.6) is 17.2 Å². The number of imidazole rings is 1. The summed E-state index contributed by atoms with van der Waals surface area (Å²) in [5.74, 6) is 1.89. The molecule has 0 radical (unpaired) electrons. The van der Waals surface area contributed by atoms with Crippen molar-refractivity contribution in [3.05, 3.63) is 151 Å². The van der Waals surface area contributed by atoms with Gasteiger partial charge < -0.3 is 26.6 Å². The van der Waals surface area contributed by atoms with Gasteiger partial charge in [-0.3, -0.25) is 0 Å². The van der Waals surface area contributed by atoms with Crippen LogP contribution in [0.1, 0.15) is 22.3 Å². The van der Waals surface area contributed by atoms with Crippen LogP contribution < -0.4 is 31.2 Å². The molecule has 5 rings (SSSR count). The van der Waals surface area contributed by atoms with Crippen molar-refractivity contribution < 1.29 is 31.2 Å². The normalized spacial score (nSPS) is 10.4. The maximum Gasteiger partial charge on any atom is 0.248 e. The fourth-order valence-electron chi connectivity index (χ4n) is 4.10. The minimum absolute atomic E-state index is 0. The summed E-state index contributed by atoms with van der Waals surface area (Å²) >= 11 is 0. The first-order chi connectivity index (χ1) is 18.8. The molecule has 0 atom stereocenters. The molecule has 0 fully saturated rings. The summed E-state index contributed by atoms with van der Waals surface area (Å²) < 4.78 is 23.1. The molecule has 1 aromatic heterocycles. The predicted octanol–water partition coefficient (Wildman–Crippen LogP) is 3.67. The molecule has 0 saturated heterocycles. The van der Waals surface area contributed by atoms with Gasteiger partial charge in [-0.15, -0.1) is 0 Å². The third-order valence-electron chi connectivity index (χ3n) is 6.07. The highest BCUT2D eigenvalue weighted by Crippen LogP contribution is 2.40. The first-order valence-corrected chi connectivity index (χ1v) is 12.6. The van der Waals surface area contributed by atoms with Crippen molar-refractivity contribution in [3.63, 3.8) is 0 Å². The maximum atomic E-state index is 6.38. The molecule has 0 N–H and O–H groups in total. The van der Waals surface area contributed by atoms with Crippen molar-refractivity contribution in [2.24, 2.45) is 0 Å². The van der Waals surface area contributed by atoms with Crippen LogP contribution in [0.15, 0.2) is 128 Å². The van der Waals surface area contributed by atoms with E-state index < -0.39 is 0 Å². The largest absolute Gasteiger partial charge is 1.00 e. The molecule has 0 aliphatic heterocycles. The summed E-state index contributed by atoms with van der Waals surface area (Å²) in [5, 5.41) is 0. The molecule has 5 nitrogen and oxygen atoms in total. The van der Waals surface area contributed by atoms with E-state index in [2.05, 4.69) is 35.4 Å². The molecule has 4 aromatic carbocycles. The molecule has 1 heterocycles. The third kappa shape index (κ3) is 7.76. The Morgan fingerprint density at radius 3 is 1.54 bits per heavy atom. The second kappa shape index (κ2) is 13.9. The van der Waals surface area contributed by atoms with Crippen LogP contribution in [0.2, 0.25) is 0 Å². The second-order valence-electron chi connectivity index (χ2n) is 8.96. The Kier molecular flexibility index (Phi) is 9.81. The maximum absolute atomic E-state index is 6.38. The average molecular weight is 539 g/mol. The number of hydrogen-bond acceptors (Lipinski definition) is 3. The van der Waals surface area contributed by atoms with Crippen molar-refractivity contribution in [3.8, 4) is 17.2 Å². The van der Waals surface area contributed by atoms with Crippen LogP contribution in [0, 0.1) is 0 Å². The van der Waals surface area contributed by atoms with E-state index in [-0.39, 0.29) is 12.4 Å². The summed E-state index contributed by atoms with van der Waals surface area (Å²) in [6, 6.07) is 34.4. The van der Waals surface area contributed by atoms with E-state index in [0.717, 1.165) is 22.3 Å². The van der Waals surface area contributed by atoms with Crippen LogP contribution >= 0.6 is 0 Å². The highest BCUT2D eigenvalue weighted by atomic mass is 35.5. The average Bonchev–Trinajstić information content (AvgIpc) is 3.43. The Hall–Kier alpha value is -4.48. The molecular weight excluding hydrogens is 508 g/mol. The Labute approximate surface area is 236 Å². The van der Waals surface area contributed by atoms with Gasteiger partial charge in [0.05, 0.1) is 6.20 Å². The van der Waals surface area contributed by atoms with E-state index >= 15 is 0 Å². The molecule has 6 heteroatoms. The Balaban J connectivity index is 0.00000353. The van der Waals surface area contributed by atoms with E-state index in [1.807, 2.05) is 102 Å². The lowest BCUT2D eigenvalue weighted by molar-refractivity contribution is -0.687. The molecule has 0 bridgehead atoms. The number of hydrogen-bond donors (Lipinski definition) is 0. The SMILES string of the molecule is C=Cn1cc[n+](Cc2cc(OCc3ccccc3)c(OCc3ccccc3)c(OCc3ccccc3)c2)c1.[Cl-]. The number of ether oxygens (including phenoxy) is 3. The lowest BCUT2D eigenvalue weighted by atomic mass is 10.1. The summed E-state index contributed by atoms with van der Waals surface area (Å²) in [4.78, 5) is 0. The number of aromatic nitrogens is 2. The summed E-state index contributed by atoms with van der Waals surface area (Å²) in [7, 11) is 0. The standard InChI is InChI=1S/C33H31N2O3.ClH/c1-2-34-18-19-35(26-34)22-30-20-31(36-23-27-12-6-3-7-13-27)33(38-25-29-16-10-5-11-17-29)32(21-30)37-24-28-14-8-4-9-15-28;/h2-21,26H,1,22-25H2;1H/q+1;/p-1. The highest BCUT2D eigenvalue weighted by Gasteiger charge is 2.18. The van der Waals surface area contributed by atoms with Crippen LogP contribution in [-0.2, 0) is 26.4 Å². The van der Waals surface area contributed by atoms with Crippen molar-refractivity contribution >= 4 is 6.20 Å². The van der Waals surface area contributed by atoms with Crippen molar-refractivity contribution in [1.82, 2.24) is 4.57 Å². The molecule has 0 aliphatic carbocycles. The molecule has 0 saturated carbocycles. The molecule has 5 aromatic rings. The minimum atomic E-state index is 0. The zero-order chi connectivity index (χ0) is 26.0. The van der Waals surface area contributed by atoms with Gasteiger partial charge in [0.15, 0.2) is 11.5 Å². The van der Waals surface area contributed by atoms with E-state index in [9.17, 15) is 0 Å². The smallest absolute Gasteiger partial charge is 0.248 e. The van der Waals surface area contributed by atoms with Crippen LogP contribution in [-0.4, -0.2) is 4.57 Å². The van der Waals surface area contributed by atoms with E-state index in [0.29, 0.717) is 43.6 Å². The van der Waals surface area contributed by atoms with E-state index in [1.165, 1.54) is 0 Å². The van der Waals surface area contributed by atoms with Gasteiger partial charge in [-0.2, -0.15) is 0 Å². The van der Waals surface area contributed by atoms with Crippen LogP contribution in [0.3, 0.4) is 0 Å². The second-order valence-corrected chi connectivity index (χ2v) is 8.96. The molecule has 0 spiro atoms. The Morgan fingerprint density at radius 2 is 1.10 bits per heavy atom. The molecule has 39 heavy (non-hydrogen) atoms. The predicted molar refractivity (Wildman–Crippen MR) is 149 cm³/mol. The van der Waals surface area contributed by atoms with Gasteiger partial charge >= 0.3 is 0 Å². The fraction of sp³-hybridized carbons (Fsp3) is 0.121. The number of halogens is 1. The Bertz CT molecular complexity index is 1390. The van der Waals surface area contributed by atoms with Crippen molar-refractivity contribution in [1.29, 1.82) is 0 Å².